The van der Waals surface area contributed by atoms with Gasteiger partial charge in [-0.25, -0.2) is 4.98 Å². The maximum atomic E-state index is 12.7. The second kappa shape index (κ2) is 5.76. The number of hydrogen-bond donors (Lipinski definition) is 1. The molecule has 5 nitrogen and oxygen atoms in total. The van der Waals surface area contributed by atoms with Gasteiger partial charge in [0.05, 0.1) is 0 Å². The number of furan rings is 1. The van der Waals surface area contributed by atoms with Crippen LogP contribution in [0.2, 0.25) is 0 Å². The van der Waals surface area contributed by atoms with Crippen LogP contribution in [0.5, 0.6) is 0 Å². The highest BCUT2D eigenvalue weighted by molar-refractivity contribution is 7.13. The number of nitrogens with zero attached hydrogens (tertiary/aromatic N) is 2. The molecule has 0 aromatic carbocycles. The zero-order chi connectivity index (χ0) is 16.0. The van der Waals surface area contributed by atoms with Gasteiger partial charge in [-0.1, -0.05) is 0 Å². The predicted octanol–water partition coefficient (Wildman–Crippen LogP) is 3.07. The minimum Gasteiger partial charge on any atom is -0.459 e. The van der Waals surface area contributed by atoms with Crippen molar-refractivity contribution < 1.29 is 9.21 Å². The molecule has 6 heteroatoms. The summed E-state index contributed by atoms with van der Waals surface area (Å²) in [7, 11) is 1.91. The third-order valence-corrected chi connectivity index (χ3v) is 5.85. The maximum absolute atomic E-state index is 12.7. The van der Waals surface area contributed by atoms with Crippen LogP contribution in [-0.4, -0.2) is 41.0 Å². The average molecular weight is 331 g/mol. The summed E-state index contributed by atoms with van der Waals surface area (Å²) in [5, 5.41) is 6.22. The van der Waals surface area contributed by atoms with Crippen molar-refractivity contribution in [2.45, 2.75) is 50.7 Å². The van der Waals surface area contributed by atoms with Crippen LogP contribution in [-0.2, 0) is 0 Å². The van der Waals surface area contributed by atoms with Gasteiger partial charge in [0.1, 0.15) is 11.5 Å². The third-order valence-electron chi connectivity index (χ3n) is 4.99. The van der Waals surface area contributed by atoms with Crippen molar-refractivity contribution in [1.82, 2.24) is 15.2 Å². The standard InChI is InChI=1S/C17H21N3O2S/c1-10-3-6-15(22-10)16-19-14(9-23-16)17(21)20(2)13-7-11-4-5-12(8-13)18-11/h3,6,9,11-13,18H,4-5,7-8H2,1-2H3. The van der Waals surface area contributed by atoms with Gasteiger partial charge in [0.15, 0.2) is 10.8 Å². The summed E-state index contributed by atoms with van der Waals surface area (Å²) in [5.74, 6) is 1.60. The zero-order valence-electron chi connectivity index (χ0n) is 13.4. The quantitative estimate of drug-likeness (QED) is 0.939. The summed E-state index contributed by atoms with van der Waals surface area (Å²) in [4.78, 5) is 19.1. The molecule has 4 rings (SSSR count). The Morgan fingerprint density at radius 1 is 1.35 bits per heavy atom. The van der Waals surface area contributed by atoms with E-state index in [9.17, 15) is 4.79 Å². The summed E-state index contributed by atoms with van der Waals surface area (Å²) in [6.45, 7) is 1.91. The van der Waals surface area contributed by atoms with E-state index >= 15 is 0 Å². The number of rotatable bonds is 3. The number of carbonyl (C=O) groups is 1. The number of aromatic nitrogens is 1. The lowest BCUT2D eigenvalue weighted by molar-refractivity contribution is 0.0676. The van der Waals surface area contributed by atoms with Crippen LogP contribution in [0.3, 0.4) is 0 Å². The summed E-state index contributed by atoms with van der Waals surface area (Å²) >= 11 is 1.46. The molecule has 2 saturated heterocycles. The molecule has 0 spiro atoms. The molecule has 23 heavy (non-hydrogen) atoms. The van der Waals surface area contributed by atoms with Crippen molar-refractivity contribution in [2.75, 3.05) is 7.05 Å². The van der Waals surface area contributed by atoms with Crippen LogP contribution < -0.4 is 5.32 Å². The minimum atomic E-state index is 0.0158. The smallest absolute Gasteiger partial charge is 0.273 e. The molecule has 122 valence electrons. The SMILES string of the molecule is Cc1ccc(-c2nc(C(=O)N(C)C3CC4CCC(C3)N4)cs2)o1. The molecule has 2 aromatic heterocycles. The van der Waals surface area contributed by atoms with Gasteiger partial charge >= 0.3 is 0 Å². The predicted molar refractivity (Wildman–Crippen MR) is 89.6 cm³/mol. The Hall–Kier alpha value is -1.66. The van der Waals surface area contributed by atoms with Crippen molar-refractivity contribution in [3.05, 3.63) is 29.0 Å². The first kappa shape index (κ1) is 14.9. The van der Waals surface area contributed by atoms with Gasteiger partial charge < -0.3 is 14.6 Å². The number of aryl methyl sites for hydroxylation is 1. The molecule has 2 unspecified atom stereocenters. The zero-order valence-corrected chi connectivity index (χ0v) is 14.2. The van der Waals surface area contributed by atoms with Crippen LogP contribution in [0.15, 0.2) is 21.9 Å². The number of thiazole rings is 1. The number of hydrogen-bond acceptors (Lipinski definition) is 5. The largest absolute Gasteiger partial charge is 0.459 e. The fraction of sp³-hybridized carbons (Fsp3) is 0.529. The molecule has 2 fully saturated rings. The van der Waals surface area contributed by atoms with E-state index in [1.54, 1.807) is 0 Å². The van der Waals surface area contributed by atoms with E-state index in [1.165, 1.54) is 24.2 Å². The lowest BCUT2D eigenvalue weighted by Gasteiger charge is -2.35. The second-order valence-electron chi connectivity index (χ2n) is 6.63. The number of carbonyl (C=O) groups excluding carboxylic acids is 1. The summed E-state index contributed by atoms with van der Waals surface area (Å²) in [6.07, 6.45) is 4.57. The van der Waals surface area contributed by atoms with Crippen LogP contribution in [0, 0.1) is 6.92 Å². The first-order valence-corrected chi connectivity index (χ1v) is 9.03. The molecule has 2 bridgehead atoms. The van der Waals surface area contributed by atoms with Crippen molar-refractivity contribution in [3.63, 3.8) is 0 Å². The number of fused-ring (bicyclic) bond motifs is 2. The first-order chi connectivity index (χ1) is 11.1. The molecule has 2 aliphatic rings. The number of amides is 1. The highest BCUT2D eigenvalue weighted by atomic mass is 32.1. The minimum absolute atomic E-state index is 0.0158. The van der Waals surface area contributed by atoms with E-state index in [0.717, 1.165) is 29.4 Å². The molecule has 4 heterocycles. The second-order valence-corrected chi connectivity index (χ2v) is 7.49. The van der Waals surface area contributed by atoms with Crippen LogP contribution >= 0.6 is 11.3 Å². The number of piperidine rings is 1. The van der Waals surface area contributed by atoms with E-state index in [-0.39, 0.29) is 5.91 Å². The van der Waals surface area contributed by atoms with Gasteiger partial charge in [0.2, 0.25) is 0 Å². The highest BCUT2D eigenvalue weighted by Gasteiger charge is 2.36. The summed E-state index contributed by atoms with van der Waals surface area (Å²) in [5.41, 5.74) is 0.521. The molecule has 0 saturated carbocycles. The van der Waals surface area contributed by atoms with Gasteiger partial charge in [0.25, 0.3) is 5.91 Å². The van der Waals surface area contributed by atoms with E-state index in [0.29, 0.717) is 23.8 Å². The molecule has 2 aliphatic heterocycles. The van der Waals surface area contributed by atoms with Crippen LogP contribution in [0.4, 0.5) is 0 Å². The highest BCUT2D eigenvalue weighted by Crippen LogP contribution is 2.31. The lowest BCUT2D eigenvalue weighted by Crippen LogP contribution is -2.48. The molecule has 1 N–H and O–H groups in total. The molecular formula is C17H21N3O2S. The van der Waals surface area contributed by atoms with Crippen LogP contribution in [0.1, 0.15) is 41.9 Å². The Morgan fingerprint density at radius 2 is 2.09 bits per heavy atom. The monoisotopic (exact) mass is 331 g/mol. The van der Waals surface area contributed by atoms with Crippen molar-refractivity contribution in [3.8, 4) is 10.8 Å². The van der Waals surface area contributed by atoms with Gasteiger partial charge in [0, 0.05) is 30.6 Å². The normalized spacial score (nSPS) is 26.4. The summed E-state index contributed by atoms with van der Waals surface area (Å²) in [6, 6.07) is 5.28. The van der Waals surface area contributed by atoms with Crippen molar-refractivity contribution >= 4 is 17.2 Å². The van der Waals surface area contributed by atoms with E-state index < -0.39 is 0 Å². The fourth-order valence-electron chi connectivity index (χ4n) is 3.72. The van der Waals surface area contributed by atoms with Crippen molar-refractivity contribution in [2.24, 2.45) is 0 Å². The third kappa shape index (κ3) is 2.81. The van der Waals surface area contributed by atoms with E-state index in [2.05, 4.69) is 10.3 Å². The molecule has 0 aliphatic carbocycles. The number of nitrogens with one attached hydrogen (secondary N) is 1. The molecular weight excluding hydrogens is 310 g/mol. The Morgan fingerprint density at radius 3 is 2.74 bits per heavy atom. The Balaban J connectivity index is 1.49. The average Bonchev–Trinajstić information content (AvgIpc) is 3.26. The van der Waals surface area contributed by atoms with Gasteiger partial charge in [-0.05, 0) is 44.7 Å². The topological polar surface area (TPSA) is 58.4 Å². The van der Waals surface area contributed by atoms with E-state index in [1.807, 2.05) is 36.4 Å². The Kier molecular flexibility index (Phi) is 3.73. The van der Waals surface area contributed by atoms with Crippen molar-refractivity contribution in [1.29, 1.82) is 0 Å². The molecule has 2 aromatic rings. The maximum Gasteiger partial charge on any atom is 0.273 e. The fourth-order valence-corrected chi connectivity index (χ4v) is 4.48. The molecule has 1 amide bonds. The Bertz CT molecular complexity index is 711. The summed E-state index contributed by atoms with van der Waals surface area (Å²) < 4.78 is 5.59. The van der Waals surface area contributed by atoms with Crippen LogP contribution in [0.25, 0.3) is 10.8 Å². The van der Waals surface area contributed by atoms with Gasteiger partial charge in [-0.15, -0.1) is 11.3 Å². The molecule has 0 radical (unpaired) electrons. The Labute approximate surface area is 139 Å². The van der Waals surface area contributed by atoms with Gasteiger partial charge in [-0.3, -0.25) is 4.79 Å². The first-order valence-electron chi connectivity index (χ1n) is 8.15. The lowest BCUT2D eigenvalue weighted by atomic mass is 9.98. The molecule has 2 atom stereocenters. The van der Waals surface area contributed by atoms with Gasteiger partial charge in [-0.2, -0.15) is 0 Å². The van der Waals surface area contributed by atoms with E-state index in [4.69, 9.17) is 4.42 Å².